The van der Waals surface area contributed by atoms with Crippen LogP contribution in [0.15, 0.2) is 28.7 Å². The summed E-state index contributed by atoms with van der Waals surface area (Å²) >= 11 is 3.52. The number of nitrogens with one attached hydrogen (secondary N) is 1. The fourth-order valence-electron chi connectivity index (χ4n) is 1.77. The average molecular weight is 294 g/mol. The van der Waals surface area contributed by atoms with E-state index in [-0.39, 0.29) is 0 Å². The predicted molar refractivity (Wildman–Crippen MR) is 77.9 cm³/mol. The molecule has 1 rings (SSSR count). The zero-order chi connectivity index (χ0) is 12.5. The second kappa shape index (κ2) is 8.33. The molecule has 0 amide bonds. The molecule has 0 aromatic heterocycles. The molecule has 1 aromatic rings. The molecule has 0 saturated carbocycles. The highest BCUT2D eigenvalue weighted by atomic mass is 79.9. The van der Waals surface area contributed by atoms with E-state index in [2.05, 4.69) is 64.3 Å². The molecule has 0 heterocycles. The molecule has 92 valence electrons. The number of hydrogen-bond acceptors (Lipinski definition) is 1. The molecule has 0 aliphatic carbocycles. The van der Waals surface area contributed by atoms with Gasteiger partial charge in [0.15, 0.2) is 0 Å². The first kappa shape index (κ1) is 14.3. The molecule has 0 aliphatic heterocycles. The first-order valence-electron chi connectivity index (χ1n) is 6.16. The van der Waals surface area contributed by atoms with Crippen LogP contribution in [0.4, 0.5) is 0 Å². The summed E-state index contributed by atoms with van der Waals surface area (Å²) < 4.78 is 1.14. The lowest BCUT2D eigenvalue weighted by Crippen LogP contribution is -2.22. The van der Waals surface area contributed by atoms with Gasteiger partial charge in [0.05, 0.1) is 0 Å². The molecule has 2 heteroatoms. The zero-order valence-electron chi connectivity index (χ0n) is 10.6. The van der Waals surface area contributed by atoms with E-state index in [0.29, 0.717) is 6.04 Å². The molecule has 1 unspecified atom stereocenters. The fraction of sp³-hybridized carbons (Fsp3) is 0.467. The average Bonchev–Trinajstić information content (AvgIpc) is 2.33. The Labute approximate surface area is 113 Å². The Balaban J connectivity index is 2.69. The minimum atomic E-state index is 0.410. The van der Waals surface area contributed by atoms with E-state index in [1.165, 1.54) is 5.56 Å². The Hall–Kier alpha value is -0.780. The lowest BCUT2D eigenvalue weighted by atomic mass is 10.0. The van der Waals surface area contributed by atoms with Gasteiger partial charge in [-0.25, -0.2) is 0 Å². The van der Waals surface area contributed by atoms with Gasteiger partial charge in [0, 0.05) is 16.9 Å². The summed E-state index contributed by atoms with van der Waals surface area (Å²) in [5, 5.41) is 3.58. The van der Waals surface area contributed by atoms with Crippen molar-refractivity contribution in [3.05, 3.63) is 34.3 Å². The lowest BCUT2D eigenvalue weighted by Gasteiger charge is -2.18. The largest absolute Gasteiger partial charge is 0.310 e. The van der Waals surface area contributed by atoms with Crippen LogP contribution in [-0.2, 0) is 0 Å². The van der Waals surface area contributed by atoms with E-state index in [4.69, 9.17) is 0 Å². The Bertz CT molecular complexity index is 389. The summed E-state index contributed by atoms with van der Waals surface area (Å²) in [5.41, 5.74) is 1.34. The Kier molecular flexibility index (Phi) is 7.00. The van der Waals surface area contributed by atoms with Crippen molar-refractivity contribution in [2.75, 3.05) is 6.54 Å². The molecule has 0 saturated heterocycles. The Morgan fingerprint density at radius 1 is 1.41 bits per heavy atom. The first-order valence-corrected chi connectivity index (χ1v) is 6.95. The van der Waals surface area contributed by atoms with Gasteiger partial charge < -0.3 is 5.32 Å². The van der Waals surface area contributed by atoms with Gasteiger partial charge in [-0.05, 0) is 44.0 Å². The van der Waals surface area contributed by atoms with Crippen molar-refractivity contribution < 1.29 is 0 Å². The topological polar surface area (TPSA) is 12.0 Å². The molecule has 0 spiro atoms. The number of halogens is 1. The summed E-state index contributed by atoms with van der Waals surface area (Å²) in [7, 11) is 0. The van der Waals surface area contributed by atoms with Crippen molar-refractivity contribution in [1.29, 1.82) is 0 Å². The van der Waals surface area contributed by atoms with Crippen molar-refractivity contribution in [1.82, 2.24) is 5.32 Å². The van der Waals surface area contributed by atoms with Crippen LogP contribution >= 0.6 is 15.9 Å². The van der Waals surface area contributed by atoms with E-state index < -0.39 is 0 Å². The van der Waals surface area contributed by atoms with Gasteiger partial charge in [0.25, 0.3) is 0 Å². The third kappa shape index (κ3) is 5.39. The van der Waals surface area contributed by atoms with Crippen LogP contribution in [0.5, 0.6) is 0 Å². The van der Waals surface area contributed by atoms with Crippen molar-refractivity contribution in [3.63, 3.8) is 0 Å². The maximum absolute atomic E-state index is 3.58. The van der Waals surface area contributed by atoms with Crippen molar-refractivity contribution >= 4 is 15.9 Å². The SMILES string of the molecule is CC#CCCC(NCCC)c1cccc(Br)c1. The van der Waals surface area contributed by atoms with E-state index in [1.54, 1.807) is 0 Å². The second-order valence-corrected chi connectivity index (χ2v) is 4.94. The molecule has 17 heavy (non-hydrogen) atoms. The standard InChI is InChI=1S/C15H20BrN/c1-3-5-6-10-15(17-11-4-2)13-8-7-9-14(16)12-13/h7-9,12,15,17H,4,6,10-11H2,1-2H3. The van der Waals surface area contributed by atoms with Gasteiger partial charge in [-0.2, -0.15) is 0 Å². The molecular weight excluding hydrogens is 274 g/mol. The molecule has 0 radical (unpaired) electrons. The van der Waals surface area contributed by atoms with Crippen molar-refractivity contribution in [3.8, 4) is 11.8 Å². The maximum Gasteiger partial charge on any atom is 0.0329 e. The van der Waals surface area contributed by atoms with Gasteiger partial charge >= 0.3 is 0 Å². The van der Waals surface area contributed by atoms with Gasteiger partial charge in [-0.3, -0.25) is 0 Å². The molecule has 0 fully saturated rings. The van der Waals surface area contributed by atoms with E-state index in [0.717, 1.165) is 30.3 Å². The molecule has 1 nitrogen and oxygen atoms in total. The van der Waals surface area contributed by atoms with Gasteiger partial charge in [0.1, 0.15) is 0 Å². The second-order valence-electron chi connectivity index (χ2n) is 4.03. The number of hydrogen-bond donors (Lipinski definition) is 1. The number of benzene rings is 1. The van der Waals surface area contributed by atoms with Crippen LogP contribution in [0.1, 0.15) is 44.7 Å². The molecule has 1 aromatic carbocycles. The van der Waals surface area contributed by atoms with Crippen LogP contribution in [0.3, 0.4) is 0 Å². The molecule has 0 aliphatic rings. The highest BCUT2D eigenvalue weighted by Gasteiger charge is 2.09. The third-order valence-corrected chi connectivity index (χ3v) is 3.12. The minimum Gasteiger partial charge on any atom is -0.310 e. The predicted octanol–water partition coefficient (Wildman–Crippen LogP) is 4.29. The van der Waals surface area contributed by atoms with Crippen LogP contribution < -0.4 is 5.32 Å². The van der Waals surface area contributed by atoms with Crippen molar-refractivity contribution in [2.24, 2.45) is 0 Å². The smallest absolute Gasteiger partial charge is 0.0329 e. The Morgan fingerprint density at radius 2 is 2.24 bits per heavy atom. The van der Waals surface area contributed by atoms with Gasteiger partial charge in [-0.1, -0.05) is 35.0 Å². The van der Waals surface area contributed by atoms with Crippen LogP contribution in [0, 0.1) is 11.8 Å². The van der Waals surface area contributed by atoms with Crippen LogP contribution in [-0.4, -0.2) is 6.54 Å². The number of rotatable bonds is 6. The summed E-state index contributed by atoms with van der Waals surface area (Å²) in [4.78, 5) is 0. The molecular formula is C15H20BrN. The summed E-state index contributed by atoms with van der Waals surface area (Å²) in [6.45, 7) is 5.14. The fourth-order valence-corrected chi connectivity index (χ4v) is 2.19. The summed E-state index contributed by atoms with van der Waals surface area (Å²) in [6.07, 6.45) is 3.17. The summed E-state index contributed by atoms with van der Waals surface area (Å²) in [5.74, 6) is 6.09. The van der Waals surface area contributed by atoms with Crippen molar-refractivity contribution in [2.45, 2.75) is 39.2 Å². The van der Waals surface area contributed by atoms with E-state index in [9.17, 15) is 0 Å². The quantitative estimate of drug-likeness (QED) is 0.772. The lowest BCUT2D eigenvalue weighted by molar-refractivity contribution is 0.505. The Morgan fingerprint density at radius 3 is 2.88 bits per heavy atom. The molecule has 1 atom stereocenters. The first-order chi connectivity index (χ1) is 8.27. The minimum absolute atomic E-state index is 0.410. The van der Waals surface area contributed by atoms with Gasteiger partial charge in [0.2, 0.25) is 0 Å². The van der Waals surface area contributed by atoms with E-state index >= 15 is 0 Å². The molecule has 1 N–H and O–H groups in total. The molecule has 0 bridgehead atoms. The highest BCUT2D eigenvalue weighted by molar-refractivity contribution is 9.10. The third-order valence-electron chi connectivity index (χ3n) is 2.63. The zero-order valence-corrected chi connectivity index (χ0v) is 12.2. The van der Waals surface area contributed by atoms with Gasteiger partial charge in [-0.15, -0.1) is 11.8 Å². The van der Waals surface area contributed by atoms with Crippen LogP contribution in [0.25, 0.3) is 0 Å². The highest BCUT2D eigenvalue weighted by Crippen LogP contribution is 2.21. The van der Waals surface area contributed by atoms with Crippen LogP contribution in [0.2, 0.25) is 0 Å². The normalized spacial score (nSPS) is 11.7. The maximum atomic E-state index is 3.58. The summed E-state index contributed by atoms with van der Waals surface area (Å²) in [6, 6.07) is 8.93. The van der Waals surface area contributed by atoms with E-state index in [1.807, 2.05) is 6.92 Å². The monoisotopic (exact) mass is 293 g/mol.